The lowest BCUT2D eigenvalue weighted by Gasteiger charge is -2.12. The molecule has 0 aliphatic carbocycles. The lowest BCUT2D eigenvalue weighted by atomic mass is 10.0. The largest absolute Gasteiger partial charge is 0.330 e. The van der Waals surface area contributed by atoms with Crippen molar-refractivity contribution in [1.29, 1.82) is 0 Å². The van der Waals surface area contributed by atoms with E-state index in [1.807, 2.05) is 0 Å². The zero-order valence-corrected chi connectivity index (χ0v) is 9.83. The average Bonchev–Trinajstić information content (AvgIpc) is 2.20. The molecule has 4 heteroatoms. The molecule has 0 amide bonds. The Morgan fingerprint density at radius 2 is 1.27 bits per heavy atom. The van der Waals surface area contributed by atoms with Crippen molar-refractivity contribution in [3.63, 3.8) is 0 Å². The maximum atomic E-state index is 5.93. The molecular formula is C11H28N4. The highest BCUT2D eigenvalue weighted by molar-refractivity contribution is 4.64. The summed E-state index contributed by atoms with van der Waals surface area (Å²) in [7, 11) is 0. The van der Waals surface area contributed by atoms with Gasteiger partial charge in [-0.3, -0.25) is 0 Å². The summed E-state index contributed by atoms with van der Waals surface area (Å²) in [6, 6.07) is 0.272. The minimum atomic E-state index is -0.208. The van der Waals surface area contributed by atoms with Crippen molar-refractivity contribution in [1.82, 2.24) is 0 Å². The lowest BCUT2D eigenvalue weighted by Crippen LogP contribution is -2.32. The molecule has 0 spiro atoms. The Morgan fingerprint density at radius 1 is 0.667 bits per heavy atom. The summed E-state index contributed by atoms with van der Waals surface area (Å²) in [5.74, 6) is 0. The predicted octanol–water partition coefficient (Wildman–Crippen LogP) is 0.637. The van der Waals surface area contributed by atoms with E-state index < -0.39 is 0 Å². The molecule has 15 heavy (non-hydrogen) atoms. The van der Waals surface area contributed by atoms with Crippen LogP contribution in [0, 0.1) is 0 Å². The summed E-state index contributed by atoms with van der Waals surface area (Å²) in [5, 5.41) is 0. The first-order valence-electron chi connectivity index (χ1n) is 6.13. The van der Waals surface area contributed by atoms with E-state index in [-0.39, 0.29) is 12.2 Å². The van der Waals surface area contributed by atoms with Gasteiger partial charge in [-0.05, 0) is 32.2 Å². The van der Waals surface area contributed by atoms with Crippen LogP contribution in [0.3, 0.4) is 0 Å². The standard InChI is InChI=1S/C11H28N4/c12-9-5-3-1-2-4-6-10(13)7-8-11(14)15/h10-11H,1-9,12-15H2. The Kier molecular flexibility index (Phi) is 10.3. The van der Waals surface area contributed by atoms with Gasteiger partial charge >= 0.3 is 0 Å². The molecule has 0 aromatic heterocycles. The molecule has 0 rings (SSSR count). The van der Waals surface area contributed by atoms with Crippen LogP contribution in [0.15, 0.2) is 0 Å². The van der Waals surface area contributed by atoms with Gasteiger partial charge in [-0.15, -0.1) is 0 Å². The van der Waals surface area contributed by atoms with Gasteiger partial charge in [0.2, 0.25) is 0 Å². The minimum absolute atomic E-state index is 0.208. The second-order valence-electron chi connectivity index (χ2n) is 4.35. The molecular weight excluding hydrogens is 188 g/mol. The van der Waals surface area contributed by atoms with Gasteiger partial charge in [0.1, 0.15) is 0 Å². The minimum Gasteiger partial charge on any atom is -0.330 e. The summed E-state index contributed by atoms with van der Waals surface area (Å²) in [6.07, 6.45) is 8.81. The van der Waals surface area contributed by atoms with Crippen molar-refractivity contribution in [3.05, 3.63) is 0 Å². The second-order valence-corrected chi connectivity index (χ2v) is 4.35. The quantitative estimate of drug-likeness (QED) is 0.318. The summed E-state index contributed by atoms with van der Waals surface area (Å²) in [6.45, 7) is 0.813. The SMILES string of the molecule is NCCCCCCCC(N)CCC(N)N. The molecule has 0 aliphatic rings. The first-order chi connectivity index (χ1) is 7.16. The van der Waals surface area contributed by atoms with E-state index in [2.05, 4.69) is 0 Å². The van der Waals surface area contributed by atoms with E-state index >= 15 is 0 Å². The van der Waals surface area contributed by atoms with Crippen LogP contribution in [0.1, 0.15) is 51.4 Å². The molecule has 8 N–H and O–H groups in total. The number of unbranched alkanes of at least 4 members (excludes halogenated alkanes) is 4. The van der Waals surface area contributed by atoms with Gasteiger partial charge in [0.05, 0.1) is 6.17 Å². The van der Waals surface area contributed by atoms with Crippen LogP contribution in [0.4, 0.5) is 0 Å². The molecule has 0 radical (unpaired) electrons. The van der Waals surface area contributed by atoms with Crippen LogP contribution in [-0.4, -0.2) is 18.8 Å². The fraction of sp³-hybridized carbons (Fsp3) is 1.00. The third kappa shape index (κ3) is 11.8. The van der Waals surface area contributed by atoms with Crippen LogP contribution in [0.25, 0.3) is 0 Å². The van der Waals surface area contributed by atoms with Crippen molar-refractivity contribution in [2.24, 2.45) is 22.9 Å². The zero-order valence-electron chi connectivity index (χ0n) is 9.83. The Balaban J connectivity index is 3.13. The molecule has 0 saturated carbocycles. The van der Waals surface area contributed by atoms with Crippen molar-refractivity contribution in [2.45, 2.75) is 63.6 Å². The number of hydrogen-bond acceptors (Lipinski definition) is 4. The van der Waals surface area contributed by atoms with Crippen molar-refractivity contribution in [2.75, 3.05) is 6.54 Å². The van der Waals surface area contributed by atoms with Crippen molar-refractivity contribution >= 4 is 0 Å². The number of hydrogen-bond donors (Lipinski definition) is 4. The molecule has 0 saturated heterocycles. The smallest absolute Gasteiger partial charge is 0.0521 e. The molecule has 92 valence electrons. The highest BCUT2D eigenvalue weighted by Gasteiger charge is 2.03. The second kappa shape index (κ2) is 10.4. The number of rotatable bonds is 10. The Morgan fingerprint density at radius 3 is 1.87 bits per heavy atom. The topological polar surface area (TPSA) is 104 Å². The van der Waals surface area contributed by atoms with E-state index in [0.29, 0.717) is 0 Å². The van der Waals surface area contributed by atoms with E-state index in [0.717, 1.165) is 32.2 Å². The van der Waals surface area contributed by atoms with Crippen molar-refractivity contribution in [3.8, 4) is 0 Å². The summed E-state index contributed by atoms with van der Waals surface area (Å²) in [5.41, 5.74) is 22.3. The van der Waals surface area contributed by atoms with Crippen molar-refractivity contribution < 1.29 is 0 Å². The average molecular weight is 216 g/mol. The van der Waals surface area contributed by atoms with E-state index in [1.165, 1.54) is 25.7 Å². The molecule has 0 heterocycles. The first kappa shape index (κ1) is 14.8. The van der Waals surface area contributed by atoms with Gasteiger partial charge in [0.15, 0.2) is 0 Å². The van der Waals surface area contributed by atoms with Gasteiger partial charge < -0.3 is 22.9 Å². The van der Waals surface area contributed by atoms with Crippen LogP contribution in [-0.2, 0) is 0 Å². The van der Waals surface area contributed by atoms with Gasteiger partial charge in [0, 0.05) is 6.04 Å². The predicted molar refractivity (Wildman–Crippen MR) is 66.1 cm³/mol. The third-order valence-electron chi connectivity index (χ3n) is 2.65. The molecule has 4 nitrogen and oxygen atoms in total. The fourth-order valence-electron chi connectivity index (χ4n) is 1.63. The van der Waals surface area contributed by atoms with Gasteiger partial charge in [0.25, 0.3) is 0 Å². The normalized spacial score (nSPS) is 13.4. The Labute approximate surface area is 93.7 Å². The molecule has 0 bridgehead atoms. The summed E-state index contributed by atoms with van der Waals surface area (Å²) in [4.78, 5) is 0. The summed E-state index contributed by atoms with van der Waals surface area (Å²) < 4.78 is 0. The highest BCUT2D eigenvalue weighted by Crippen LogP contribution is 2.08. The van der Waals surface area contributed by atoms with Crippen LogP contribution >= 0.6 is 0 Å². The molecule has 1 atom stereocenters. The van der Waals surface area contributed by atoms with Crippen LogP contribution in [0.2, 0.25) is 0 Å². The Hall–Kier alpha value is -0.160. The molecule has 0 aromatic rings. The first-order valence-corrected chi connectivity index (χ1v) is 6.13. The molecule has 1 unspecified atom stereocenters. The van der Waals surface area contributed by atoms with Gasteiger partial charge in [-0.25, -0.2) is 0 Å². The molecule has 0 aliphatic heterocycles. The maximum absolute atomic E-state index is 5.93. The van der Waals surface area contributed by atoms with E-state index in [1.54, 1.807) is 0 Å². The lowest BCUT2D eigenvalue weighted by molar-refractivity contribution is 0.477. The summed E-state index contributed by atoms with van der Waals surface area (Å²) >= 11 is 0. The van der Waals surface area contributed by atoms with E-state index in [9.17, 15) is 0 Å². The zero-order chi connectivity index (χ0) is 11.5. The fourth-order valence-corrected chi connectivity index (χ4v) is 1.63. The number of nitrogens with two attached hydrogens (primary N) is 4. The third-order valence-corrected chi connectivity index (χ3v) is 2.65. The van der Waals surface area contributed by atoms with Crippen LogP contribution in [0.5, 0.6) is 0 Å². The van der Waals surface area contributed by atoms with E-state index in [4.69, 9.17) is 22.9 Å². The Bertz CT molecular complexity index is 128. The molecule has 0 aromatic carbocycles. The van der Waals surface area contributed by atoms with Gasteiger partial charge in [-0.1, -0.05) is 25.7 Å². The molecule has 0 fully saturated rings. The van der Waals surface area contributed by atoms with Crippen LogP contribution < -0.4 is 22.9 Å². The monoisotopic (exact) mass is 216 g/mol. The maximum Gasteiger partial charge on any atom is 0.0521 e. The highest BCUT2D eigenvalue weighted by atomic mass is 14.8. The van der Waals surface area contributed by atoms with Gasteiger partial charge in [-0.2, -0.15) is 0 Å².